The number of H-pyrrole nitrogens is 1. The van der Waals surface area contributed by atoms with Gasteiger partial charge in [-0.15, -0.1) is 0 Å². The van der Waals surface area contributed by atoms with Crippen molar-refractivity contribution in [3.63, 3.8) is 0 Å². The molecular formula is C23H26BNO4. The average molecular weight is 391 g/mol. The summed E-state index contributed by atoms with van der Waals surface area (Å²) in [6.45, 7) is 7.94. The first kappa shape index (κ1) is 19.7. The highest BCUT2D eigenvalue weighted by molar-refractivity contribution is 6.48. The van der Waals surface area contributed by atoms with Crippen LogP contribution in [0.1, 0.15) is 45.5 Å². The molecule has 2 heterocycles. The maximum atomic E-state index is 11.8. The molecule has 1 unspecified atom stereocenters. The predicted octanol–water partition coefficient (Wildman–Crippen LogP) is 5.02. The van der Waals surface area contributed by atoms with Gasteiger partial charge in [0.15, 0.2) is 0 Å². The van der Waals surface area contributed by atoms with E-state index in [9.17, 15) is 9.90 Å². The van der Waals surface area contributed by atoms with Crippen molar-refractivity contribution >= 4 is 24.0 Å². The highest BCUT2D eigenvalue weighted by Crippen LogP contribution is 2.45. The zero-order valence-electron chi connectivity index (χ0n) is 17.2. The number of rotatable bonds is 5. The van der Waals surface area contributed by atoms with Crippen molar-refractivity contribution in [3.8, 4) is 11.3 Å². The van der Waals surface area contributed by atoms with Gasteiger partial charge in [0.05, 0.1) is 17.6 Å². The summed E-state index contributed by atoms with van der Waals surface area (Å²) in [5, 5.41) is 10.7. The van der Waals surface area contributed by atoms with E-state index in [4.69, 9.17) is 9.31 Å². The van der Waals surface area contributed by atoms with E-state index in [-0.39, 0.29) is 6.42 Å². The van der Waals surface area contributed by atoms with Gasteiger partial charge in [-0.3, -0.25) is 4.79 Å². The Bertz CT molecular complexity index is 1030. The van der Waals surface area contributed by atoms with Crippen molar-refractivity contribution in [1.29, 1.82) is 0 Å². The van der Waals surface area contributed by atoms with Gasteiger partial charge in [-0.25, -0.2) is 0 Å². The minimum atomic E-state index is -0.881. The number of benzene rings is 2. The number of aromatic amines is 1. The molecule has 1 aliphatic heterocycles. The van der Waals surface area contributed by atoms with Gasteiger partial charge in [-0.1, -0.05) is 48.5 Å². The SMILES string of the molecule is CC1(C)OB(C(CC(=O)O)c2c(-c3ccccc3)[nH]c3ccccc23)OC1(C)C. The van der Waals surface area contributed by atoms with Gasteiger partial charge in [0.1, 0.15) is 0 Å². The van der Waals surface area contributed by atoms with E-state index >= 15 is 0 Å². The number of nitrogens with one attached hydrogen (secondary N) is 1. The maximum Gasteiger partial charge on any atom is 0.466 e. The fourth-order valence-electron chi connectivity index (χ4n) is 3.96. The Labute approximate surface area is 171 Å². The van der Waals surface area contributed by atoms with Crippen LogP contribution < -0.4 is 0 Å². The summed E-state index contributed by atoms with van der Waals surface area (Å²) < 4.78 is 12.6. The average Bonchev–Trinajstić information content (AvgIpc) is 3.14. The van der Waals surface area contributed by atoms with Crippen LogP contribution >= 0.6 is 0 Å². The van der Waals surface area contributed by atoms with Gasteiger partial charge in [-0.05, 0) is 44.9 Å². The van der Waals surface area contributed by atoms with E-state index in [0.717, 1.165) is 27.7 Å². The van der Waals surface area contributed by atoms with Crippen LogP contribution in [-0.4, -0.2) is 34.4 Å². The molecule has 150 valence electrons. The van der Waals surface area contributed by atoms with Gasteiger partial charge in [0.25, 0.3) is 0 Å². The highest BCUT2D eigenvalue weighted by atomic mass is 16.7. The van der Waals surface area contributed by atoms with Crippen LogP contribution in [0, 0.1) is 0 Å². The lowest BCUT2D eigenvalue weighted by Gasteiger charge is -2.32. The van der Waals surface area contributed by atoms with Crippen molar-refractivity contribution in [3.05, 3.63) is 60.2 Å². The molecule has 1 fully saturated rings. The van der Waals surface area contributed by atoms with Gasteiger partial charge in [0.2, 0.25) is 0 Å². The Morgan fingerprint density at radius 2 is 1.59 bits per heavy atom. The molecule has 0 spiro atoms. The van der Waals surface area contributed by atoms with Crippen molar-refractivity contribution in [2.24, 2.45) is 0 Å². The van der Waals surface area contributed by atoms with E-state index in [0.29, 0.717) is 0 Å². The summed E-state index contributed by atoms with van der Waals surface area (Å²) in [6, 6.07) is 17.9. The Morgan fingerprint density at radius 3 is 2.21 bits per heavy atom. The Hall–Kier alpha value is -2.57. The fraction of sp³-hybridized carbons (Fsp3) is 0.348. The summed E-state index contributed by atoms with van der Waals surface area (Å²) in [6.07, 6.45) is -0.0848. The Morgan fingerprint density at radius 1 is 1.00 bits per heavy atom. The molecule has 5 nitrogen and oxygen atoms in total. The zero-order chi connectivity index (χ0) is 20.8. The summed E-state index contributed by atoms with van der Waals surface area (Å²) >= 11 is 0. The number of aromatic nitrogens is 1. The molecule has 4 rings (SSSR count). The molecule has 0 bridgehead atoms. The molecule has 1 atom stereocenters. The molecule has 6 heteroatoms. The smallest absolute Gasteiger partial charge is 0.466 e. The number of carboxylic acid groups (broad SMARTS) is 1. The van der Waals surface area contributed by atoms with Gasteiger partial charge in [0, 0.05) is 22.4 Å². The van der Waals surface area contributed by atoms with Gasteiger partial charge in [-0.2, -0.15) is 0 Å². The van der Waals surface area contributed by atoms with Gasteiger partial charge < -0.3 is 19.4 Å². The van der Waals surface area contributed by atoms with Crippen molar-refractivity contribution < 1.29 is 19.2 Å². The second-order valence-electron chi connectivity index (χ2n) is 8.65. The van der Waals surface area contributed by atoms with Crippen LogP contribution in [0.25, 0.3) is 22.2 Å². The summed E-state index contributed by atoms with van der Waals surface area (Å²) in [7, 11) is -0.655. The molecule has 3 aromatic rings. The topological polar surface area (TPSA) is 71.5 Å². The molecule has 2 aromatic carbocycles. The van der Waals surface area contributed by atoms with E-state index in [2.05, 4.69) is 4.98 Å². The third kappa shape index (κ3) is 3.47. The first-order chi connectivity index (χ1) is 13.7. The van der Waals surface area contributed by atoms with Crippen molar-refractivity contribution in [2.45, 2.75) is 51.1 Å². The molecular weight excluding hydrogens is 365 g/mol. The van der Waals surface area contributed by atoms with E-state index in [1.807, 2.05) is 82.3 Å². The molecule has 1 aromatic heterocycles. The second kappa shape index (κ2) is 7.04. The molecule has 0 amide bonds. The molecule has 0 saturated carbocycles. The fourth-order valence-corrected chi connectivity index (χ4v) is 3.96. The van der Waals surface area contributed by atoms with E-state index in [1.165, 1.54) is 0 Å². The summed E-state index contributed by atoms with van der Waals surface area (Å²) in [5.41, 5.74) is 2.74. The van der Waals surface area contributed by atoms with Crippen molar-refractivity contribution in [2.75, 3.05) is 0 Å². The number of carboxylic acids is 1. The van der Waals surface area contributed by atoms with Crippen LogP contribution in [-0.2, 0) is 14.1 Å². The van der Waals surface area contributed by atoms with Crippen LogP contribution in [0.3, 0.4) is 0 Å². The molecule has 1 saturated heterocycles. The number of hydrogen-bond acceptors (Lipinski definition) is 3. The number of fused-ring (bicyclic) bond motifs is 1. The van der Waals surface area contributed by atoms with Crippen LogP contribution in [0.5, 0.6) is 0 Å². The largest absolute Gasteiger partial charge is 0.481 e. The monoisotopic (exact) mass is 391 g/mol. The van der Waals surface area contributed by atoms with Crippen molar-refractivity contribution in [1.82, 2.24) is 4.98 Å². The predicted molar refractivity (Wildman–Crippen MR) is 115 cm³/mol. The van der Waals surface area contributed by atoms with Crippen LogP contribution in [0.2, 0.25) is 0 Å². The highest BCUT2D eigenvalue weighted by Gasteiger charge is 2.55. The molecule has 0 radical (unpaired) electrons. The molecule has 1 aliphatic rings. The Balaban J connectivity index is 1.90. The lowest BCUT2D eigenvalue weighted by Crippen LogP contribution is -2.41. The minimum Gasteiger partial charge on any atom is -0.481 e. The lowest BCUT2D eigenvalue weighted by molar-refractivity contribution is -0.137. The zero-order valence-corrected chi connectivity index (χ0v) is 17.2. The number of para-hydroxylation sites is 1. The van der Waals surface area contributed by atoms with Crippen LogP contribution in [0.15, 0.2) is 54.6 Å². The minimum absolute atomic E-state index is 0.0848. The first-order valence-corrected chi connectivity index (χ1v) is 9.93. The summed E-state index contributed by atoms with van der Waals surface area (Å²) in [4.78, 5) is 15.3. The lowest BCUT2D eigenvalue weighted by atomic mass is 9.65. The third-order valence-electron chi connectivity index (χ3n) is 6.17. The molecule has 29 heavy (non-hydrogen) atoms. The standard InChI is InChI=1S/C23H26BNO4/c1-22(2)23(3,4)29-24(28-22)17(14-19(26)27)20-16-12-8-9-13-18(16)25-21(20)15-10-6-5-7-11-15/h5-13,17,25H,14H2,1-4H3,(H,26,27). The Kier molecular flexibility index (Phi) is 4.79. The number of hydrogen-bond donors (Lipinski definition) is 2. The number of aliphatic carboxylic acids is 1. The number of carbonyl (C=O) groups is 1. The molecule has 0 aliphatic carbocycles. The summed E-state index contributed by atoms with van der Waals surface area (Å²) in [5.74, 6) is -1.34. The first-order valence-electron chi connectivity index (χ1n) is 9.93. The van der Waals surface area contributed by atoms with Gasteiger partial charge >= 0.3 is 13.1 Å². The quantitative estimate of drug-likeness (QED) is 0.599. The van der Waals surface area contributed by atoms with E-state index in [1.54, 1.807) is 0 Å². The maximum absolute atomic E-state index is 11.8. The van der Waals surface area contributed by atoms with E-state index < -0.39 is 30.1 Å². The molecule has 2 N–H and O–H groups in total. The van der Waals surface area contributed by atoms with Crippen LogP contribution in [0.4, 0.5) is 0 Å². The third-order valence-corrected chi connectivity index (χ3v) is 6.17. The normalized spacial score (nSPS) is 18.8. The second-order valence-corrected chi connectivity index (χ2v) is 8.65.